The maximum absolute atomic E-state index is 12.4. The van der Waals surface area contributed by atoms with Gasteiger partial charge in [-0.1, -0.05) is 17.3 Å². The van der Waals surface area contributed by atoms with Crippen molar-refractivity contribution < 1.29 is 9.32 Å². The highest BCUT2D eigenvalue weighted by atomic mass is 32.1. The number of likely N-dealkylation sites (tertiary alicyclic amines) is 1. The van der Waals surface area contributed by atoms with Crippen LogP contribution in [0.15, 0.2) is 46.6 Å². The summed E-state index contributed by atoms with van der Waals surface area (Å²) in [7, 11) is 0. The molecule has 3 aromatic heterocycles. The van der Waals surface area contributed by atoms with Crippen LogP contribution in [0.4, 0.5) is 0 Å². The van der Waals surface area contributed by atoms with E-state index < -0.39 is 0 Å². The normalized spacial score (nSPS) is 15.4. The van der Waals surface area contributed by atoms with E-state index >= 15 is 0 Å². The predicted molar refractivity (Wildman–Crippen MR) is 94.1 cm³/mol. The van der Waals surface area contributed by atoms with Gasteiger partial charge in [0.05, 0.1) is 11.3 Å². The summed E-state index contributed by atoms with van der Waals surface area (Å²) in [4.78, 5) is 23.9. The SMILES string of the molecule is O=C(Cc1cccnc1)N1CCC(c2nc(-c3cccs3)no2)CC1. The molecular formula is C18H18N4O2S. The molecule has 4 rings (SSSR count). The molecule has 1 aliphatic heterocycles. The molecule has 0 unspecified atom stereocenters. The fraction of sp³-hybridized carbons (Fsp3) is 0.333. The number of nitrogens with zero attached hydrogens (tertiary/aromatic N) is 4. The van der Waals surface area contributed by atoms with Crippen molar-refractivity contribution in [3.8, 4) is 10.7 Å². The van der Waals surface area contributed by atoms with Gasteiger partial charge in [0.25, 0.3) is 0 Å². The molecule has 1 saturated heterocycles. The number of amides is 1. The van der Waals surface area contributed by atoms with Gasteiger partial charge in [0.1, 0.15) is 0 Å². The number of piperidine rings is 1. The van der Waals surface area contributed by atoms with Crippen molar-refractivity contribution in [2.75, 3.05) is 13.1 Å². The third-order valence-electron chi connectivity index (χ3n) is 4.46. The minimum Gasteiger partial charge on any atom is -0.342 e. The van der Waals surface area contributed by atoms with Crippen LogP contribution in [0.1, 0.15) is 30.2 Å². The first kappa shape index (κ1) is 16.0. The van der Waals surface area contributed by atoms with Gasteiger partial charge in [0.15, 0.2) is 0 Å². The summed E-state index contributed by atoms with van der Waals surface area (Å²) in [5.41, 5.74) is 0.951. The number of pyridine rings is 1. The Morgan fingerprint density at radius 1 is 1.28 bits per heavy atom. The van der Waals surface area contributed by atoms with Gasteiger partial charge in [-0.15, -0.1) is 11.3 Å². The maximum Gasteiger partial charge on any atom is 0.230 e. The van der Waals surface area contributed by atoms with E-state index in [1.54, 1.807) is 23.7 Å². The van der Waals surface area contributed by atoms with Crippen LogP contribution in [-0.4, -0.2) is 39.0 Å². The Morgan fingerprint density at radius 3 is 2.88 bits per heavy atom. The van der Waals surface area contributed by atoms with E-state index in [0.717, 1.165) is 36.4 Å². The Bertz CT molecular complexity index is 824. The molecule has 0 radical (unpaired) electrons. The highest BCUT2D eigenvalue weighted by Gasteiger charge is 2.27. The van der Waals surface area contributed by atoms with E-state index in [0.29, 0.717) is 18.1 Å². The zero-order valence-electron chi connectivity index (χ0n) is 13.7. The van der Waals surface area contributed by atoms with Crippen molar-refractivity contribution in [1.82, 2.24) is 20.0 Å². The number of carbonyl (C=O) groups excluding carboxylic acids is 1. The first-order valence-corrected chi connectivity index (χ1v) is 9.22. The van der Waals surface area contributed by atoms with Crippen LogP contribution < -0.4 is 0 Å². The van der Waals surface area contributed by atoms with Crippen LogP contribution in [0, 0.1) is 0 Å². The summed E-state index contributed by atoms with van der Waals surface area (Å²) in [6, 6.07) is 7.75. The van der Waals surface area contributed by atoms with Crippen molar-refractivity contribution in [2.24, 2.45) is 0 Å². The Balaban J connectivity index is 1.34. The van der Waals surface area contributed by atoms with Gasteiger partial charge in [0, 0.05) is 31.4 Å². The highest BCUT2D eigenvalue weighted by Crippen LogP contribution is 2.29. The number of rotatable bonds is 4. The quantitative estimate of drug-likeness (QED) is 0.720. The summed E-state index contributed by atoms with van der Waals surface area (Å²) < 4.78 is 5.45. The third kappa shape index (κ3) is 3.61. The Hall–Kier alpha value is -2.54. The minimum atomic E-state index is 0.149. The van der Waals surface area contributed by atoms with Crippen molar-refractivity contribution >= 4 is 17.2 Å². The van der Waals surface area contributed by atoms with E-state index in [2.05, 4.69) is 15.1 Å². The van der Waals surface area contributed by atoms with Gasteiger partial charge in [-0.3, -0.25) is 9.78 Å². The second-order valence-corrected chi connectivity index (χ2v) is 7.07. The summed E-state index contributed by atoms with van der Waals surface area (Å²) in [5.74, 6) is 1.71. The molecule has 0 aliphatic carbocycles. The van der Waals surface area contributed by atoms with Crippen LogP contribution in [0.3, 0.4) is 0 Å². The summed E-state index contributed by atoms with van der Waals surface area (Å²) in [6.07, 6.45) is 5.57. The third-order valence-corrected chi connectivity index (χ3v) is 5.32. The van der Waals surface area contributed by atoms with Crippen molar-refractivity contribution in [3.05, 3.63) is 53.5 Å². The van der Waals surface area contributed by atoms with Gasteiger partial charge < -0.3 is 9.42 Å². The molecule has 1 fully saturated rings. The lowest BCUT2D eigenvalue weighted by Gasteiger charge is -2.30. The second kappa shape index (κ2) is 7.14. The summed E-state index contributed by atoms with van der Waals surface area (Å²) in [6.45, 7) is 1.45. The highest BCUT2D eigenvalue weighted by molar-refractivity contribution is 7.13. The lowest BCUT2D eigenvalue weighted by atomic mass is 9.96. The average molecular weight is 354 g/mol. The average Bonchev–Trinajstić information content (AvgIpc) is 3.34. The molecule has 0 bridgehead atoms. The number of carbonyl (C=O) groups is 1. The van der Waals surface area contributed by atoms with Crippen LogP contribution in [-0.2, 0) is 11.2 Å². The fourth-order valence-electron chi connectivity index (χ4n) is 3.07. The van der Waals surface area contributed by atoms with Gasteiger partial charge in [-0.25, -0.2) is 0 Å². The molecule has 0 saturated carbocycles. The molecule has 0 spiro atoms. The molecule has 0 atom stereocenters. The monoisotopic (exact) mass is 354 g/mol. The largest absolute Gasteiger partial charge is 0.342 e. The molecule has 128 valence electrons. The number of hydrogen-bond donors (Lipinski definition) is 0. The van der Waals surface area contributed by atoms with Gasteiger partial charge in [-0.2, -0.15) is 4.98 Å². The van der Waals surface area contributed by atoms with Crippen LogP contribution in [0.5, 0.6) is 0 Å². The van der Waals surface area contributed by atoms with E-state index in [1.807, 2.05) is 34.5 Å². The molecule has 0 aromatic carbocycles. The molecule has 3 aromatic rings. The zero-order chi connectivity index (χ0) is 17.1. The molecule has 1 aliphatic rings. The molecule has 4 heterocycles. The predicted octanol–water partition coefficient (Wildman–Crippen LogP) is 3.14. The molecule has 25 heavy (non-hydrogen) atoms. The van der Waals surface area contributed by atoms with Crippen molar-refractivity contribution in [1.29, 1.82) is 0 Å². The van der Waals surface area contributed by atoms with Gasteiger partial charge in [0.2, 0.25) is 17.6 Å². The smallest absolute Gasteiger partial charge is 0.230 e. The van der Waals surface area contributed by atoms with Crippen LogP contribution in [0.2, 0.25) is 0 Å². The summed E-state index contributed by atoms with van der Waals surface area (Å²) in [5, 5.41) is 6.08. The van der Waals surface area contributed by atoms with E-state index in [-0.39, 0.29) is 11.8 Å². The number of thiophene rings is 1. The van der Waals surface area contributed by atoms with E-state index in [1.165, 1.54) is 0 Å². The van der Waals surface area contributed by atoms with Crippen molar-refractivity contribution in [2.45, 2.75) is 25.2 Å². The Morgan fingerprint density at radius 2 is 2.16 bits per heavy atom. The molecule has 1 amide bonds. The molecular weight excluding hydrogens is 336 g/mol. The lowest BCUT2D eigenvalue weighted by molar-refractivity contribution is -0.131. The first-order chi connectivity index (χ1) is 12.3. The lowest BCUT2D eigenvalue weighted by Crippen LogP contribution is -2.38. The Labute approximate surface area is 149 Å². The summed E-state index contributed by atoms with van der Waals surface area (Å²) >= 11 is 1.60. The van der Waals surface area contributed by atoms with E-state index in [4.69, 9.17) is 4.52 Å². The topological polar surface area (TPSA) is 72.1 Å². The Kier molecular flexibility index (Phi) is 4.56. The van der Waals surface area contributed by atoms with Crippen molar-refractivity contribution in [3.63, 3.8) is 0 Å². The molecule has 7 heteroatoms. The number of hydrogen-bond acceptors (Lipinski definition) is 6. The molecule has 0 N–H and O–H groups in total. The van der Waals surface area contributed by atoms with E-state index in [9.17, 15) is 4.79 Å². The standard InChI is InChI=1S/C18H18N4O2S/c23-16(11-13-3-1-7-19-12-13)22-8-5-14(6-9-22)18-20-17(21-24-18)15-4-2-10-25-15/h1-4,7,10,12,14H,5-6,8-9,11H2. The maximum atomic E-state index is 12.4. The second-order valence-electron chi connectivity index (χ2n) is 6.13. The van der Waals surface area contributed by atoms with Crippen LogP contribution >= 0.6 is 11.3 Å². The fourth-order valence-corrected chi connectivity index (χ4v) is 3.72. The minimum absolute atomic E-state index is 0.149. The number of aromatic nitrogens is 3. The molecule has 6 nitrogen and oxygen atoms in total. The van der Waals surface area contributed by atoms with Gasteiger partial charge in [-0.05, 0) is 35.9 Å². The van der Waals surface area contributed by atoms with Gasteiger partial charge >= 0.3 is 0 Å². The van der Waals surface area contributed by atoms with Crippen LogP contribution in [0.25, 0.3) is 10.7 Å². The first-order valence-electron chi connectivity index (χ1n) is 8.34. The zero-order valence-corrected chi connectivity index (χ0v) is 14.5.